The van der Waals surface area contributed by atoms with Crippen molar-refractivity contribution in [2.75, 3.05) is 0 Å². The molecule has 4 rings (SSSR count). The van der Waals surface area contributed by atoms with E-state index in [2.05, 4.69) is 41.8 Å². The van der Waals surface area contributed by atoms with E-state index in [0.717, 1.165) is 4.47 Å². The maximum atomic E-state index is 13.4. The summed E-state index contributed by atoms with van der Waals surface area (Å²) in [6.45, 7) is 0. The first-order valence-electron chi connectivity index (χ1n) is 7.88. The molecule has 0 aliphatic carbocycles. The van der Waals surface area contributed by atoms with Crippen molar-refractivity contribution in [3.05, 3.63) is 74.9 Å². The van der Waals surface area contributed by atoms with Crippen LogP contribution >= 0.6 is 31.9 Å². The third-order valence-corrected chi connectivity index (χ3v) is 4.92. The summed E-state index contributed by atoms with van der Waals surface area (Å²) in [6.07, 6.45) is 1.57. The van der Waals surface area contributed by atoms with Crippen LogP contribution in [-0.2, 0) is 0 Å². The van der Waals surface area contributed by atoms with Gasteiger partial charge in [-0.2, -0.15) is 0 Å². The van der Waals surface area contributed by atoms with E-state index in [1.54, 1.807) is 48.7 Å². The predicted octanol–water partition coefficient (Wildman–Crippen LogP) is 6.62. The second-order valence-corrected chi connectivity index (χ2v) is 7.54. The minimum Gasteiger partial charge on any atom is -0.506 e. The molecule has 0 fully saturated rings. The quantitative estimate of drug-likeness (QED) is 0.329. The largest absolute Gasteiger partial charge is 0.506 e. The van der Waals surface area contributed by atoms with Crippen LogP contribution in [0.5, 0.6) is 5.75 Å². The van der Waals surface area contributed by atoms with E-state index < -0.39 is 0 Å². The zero-order chi connectivity index (χ0) is 19.0. The van der Waals surface area contributed by atoms with Crippen molar-refractivity contribution in [1.29, 1.82) is 0 Å². The molecule has 4 aromatic rings. The fourth-order valence-corrected chi connectivity index (χ4v) is 3.83. The van der Waals surface area contributed by atoms with Gasteiger partial charge >= 0.3 is 0 Å². The fourth-order valence-electron chi connectivity index (χ4n) is 2.57. The molecule has 0 spiro atoms. The maximum absolute atomic E-state index is 13.4. The van der Waals surface area contributed by atoms with Gasteiger partial charge in [0.1, 0.15) is 17.1 Å². The highest BCUT2D eigenvalue weighted by molar-refractivity contribution is 9.11. The summed E-state index contributed by atoms with van der Waals surface area (Å²) >= 11 is 6.68. The number of oxazole rings is 1. The van der Waals surface area contributed by atoms with Gasteiger partial charge in [-0.15, -0.1) is 0 Å². The summed E-state index contributed by atoms with van der Waals surface area (Å²) in [5, 5.41) is 10.1. The number of aromatic hydroxyl groups is 1. The van der Waals surface area contributed by atoms with E-state index in [1.807, 2.05) is 0 Å². The third kappa shape index (κ3) is 3.79. The van der Waals surface area contributed by atoms with Crippen molar-refractivity contribution in [3.8, 4) is 17.2 Å². The standard InChI is InChI=1S/C20H11Br2FN2O2/c21-13-6-12(19(26)16(22)8-13)10-24-15-4-5-18-17(9-15)25-20(27-18)11-2-1-3-14(23)7-11/h1-10,26H. The topological polar surface area (TPSA) is 58.6 Å². The number of hydrogen-bond acceptors (Lipinski definition) is 4. The van der Waals surface area contributed by atoms with Gasteiger partial charge in [-0.05, 0) is 64.5 Å². The van der Waals surface area contributed by atoms with Crippen molar-refractivity contribution in [1.82, 2.24) is 4.98 Å². The second kappa shape index (κ2) is 7.25. The average Bonchev–Trinajstić information content (AvgIpc) is 3.07. The van der Waals surface area contributed by atoms with Crippen LogP contribution in [0.25, 0.3) is 22.6 Å². The number of phenolic OH excluding ortho intramolecular Hbond substituents is 1. The molecule has 3 aromatic carbocycles. The van der Waals surface area contributed by atoms with E-state index in [0.29, 0.717) is 38.3 Å². The lowest BCUT2D eigenvalue weighted by Gasteiger charge is -2.02. The van der Waals surface area contributed by atoms with Crippen molar-refractivity contribution >= 4 is 54.9 Å². The van der Waals surface area contributed by atoms with Crippen LogP contribution in [0.1, 0.15) is 5.56 Å². The maximum Gasteiger partial charge on any atom is 0.227 e. The predicted molar refractivity (Wildman–Crippen MR) is 110 cm³/mol. The Kier molecular flexibility index (Phi) is 4.80. The first-order valence-corrected chi connectivity index (χ1v) is 9.47. The van der Waals surface area contributed by atoms with Crippen molar-refractivity contribution < 1.29 is 13.9 Å². The molecular formula is C20H11Br2FN2O2. The number of aliphatic imine (C=N–C) groups is 1. The SMILES string of the molecule is Oc1c(Br)cc(Br)cc1C=Nc1ccc2oc(-c3cccc(F)c3)nc2c1. The van der Waals surface area contributed by atoms with E-state index in [4.69, 9.17) is 4.42 Å². The summed E-state index contributed by atoms with van der Waals surface area (Å²) in [6, 6.07) is 14.9. The minimum atomic E-state index is -0.347. The average molecular weight is 490 g/mol. The summed E-state index contributed by atoms with van der Waals surface area (Å²) in [5.74, 6) is 0.108. The van der Waals surface area contributed by atoms with Gasteiger partial charge < -0.3 is 9.52 Å². The van der Waals surface area contributed by atoms with Gasteiger partial charge in [0, 0.05) is 21.8 Å². The van der Waals surface area contributed by atoms with E-state index in [1.165, 1.54) is 12.1 Å². The van der Waals surface area contributed by atoms with Crippen LogP contribution in [0.3, 0.4) is 0 Å². The molecule has 0 aliphatic rings. The van der Waals surface area contributed by atoms with Gasteiger partial charge in [0.05, 0.1) is 10.2 Å². The number of fused-ring (bicyclic) bond motifs is 1. The Morgan fingerprint density at radius 3 is 2.74 bits per heavy atom. The van der Waals surface area contributed by atoms with Crippen LogP contribution in [-0.4, -0.2) is 16.3 Å². The lowest BCUT2D eigenvalue weighted by molar-refractivity contribution is 0.471. The molecule has 0 saturated carbocycles. The summed E-state index contributed by atoms with van der Waals surface area (Å²) in [5.41, 5.74) is 2.99. The number of phenols is 1. The number of nitrogens with zero attached hydrogens (tertiary/aromatic N) is 2. The molecule has 0 aliphatic heterocycles. The molecule has 0 unspecified atom stereocenters. The zero-order valence-electron chi connectivity index (χ0n) is 13.7. The van der Waals surface area contributed by atoms with Crippen LogP contribution in [0.2, 0.25) is 0 Å². The molecule has 0 atom stereocenters. The minimum absolute atomic E-state index is 0.109. The molecule has 4 nitrogen and oxygen atoms in total. The summed E-state index contributed by atoms with van der Waals surface area (Å²) in [4.78, 5) is 8.81. The van der Waals surface area contributed by atoms with Crippen LogP contribution in [0, 0.1) is 5.82 Å². The lowest BCUT2D eigenvalue weighted by atomic mass is 10.2. The smallest absolute Gasteiger partial charge is 0.227 e. The highest BCUT2D eigenvalue weighted by Crippen LogP contribution is 2.31. The van der Waals surface area contributed by atoms with Gasteiger partial charge in [-0.3, -0.25) is 4.99 Å². The van der Waals surface area contributed by atoms with E-state index in [9.17, 15) is 9.50 Å². The Labute approximate surface area is 170 Å². The lowest BCUT2D eigenvalue weighted by Crippen LogP contribution is -1.84. The number of halogens is 3. The fraction of sp³-hybridized carbons (Fsp3) is 0. The van der Waals surface area contributed by atoms with Gasteiger partial charge in [-0.25, -0.2) is 9.37 Å². The molecule has 0 saturated heterocycles. The normalized spacial score (nSPS) is 11.5. The molecule has 0 amide bonds. The Hall–Kier alpha value is -2.51. The molecule has 0 bridgehead atoms. The molecular weight excluding hydrogens is 479 g/mol. The van der Waals surface area contributed by atoms with Crippen LogP contribution < -0.4 is 0 Å². The Balaban J connectivity index is 1.68. The van der Waals surface area contributed by atoms with Crippen LogP contribution in [0.15, 0.2) is 73.0 Å². The first-order chi connectivity index (χ1) is 13.0. The van der Waals surface area contributed by atoms with Gasteiger partial charge in [0.25, 0.3) is 0 Å². The molecule has 1 aromatic heterocycles. The Bertz CT molecular complexity index is 1190. The molecule has 134 valence electrons. The molecule has 27 heavy (non-hydrogen) atoms. The summed E-state index contributed by atoms with van der Waals surface area (Å²) < 4.78 is 20.5. The third-order valence-electron chi connectivity index (χ3n) is 3.85. The van der Waals surface area contributed by atoms with Gasteiger partial charge in [0.2, 0.25) is 5.89 Å². The monoisotopic (exact) mass is 488 g/mol. The Morgan fingerprint density at radius 2 is 1.93 bits per heavy atom. The highest BCUT2D eigenvalue weighted by Gasteiger charge is 2.10. The van der Waals surface area contributed by atoms with Crippen molar-refractivity contribution in [3.63, 3.8) is 0 Å². The van der Waals surface area contributed by atoms with Crippen LogP contribution in [0.4, 0.5) is 10.1 Å². The highest BCUT2D eigenvalue weighted by atomic mass is 79.9. The zero-order valence-corrected chi connectivity index (χ0v) is 16.8. The number of aromatic nitrogens is 1. The summed E-state index contributed by atoms with van der Waals surface area (Å²) in [7, 11) is 0. The van der Waals surface area contributed by atoms with E-state index >= 15 is 0 Å². The molecule has 1 N–H and O–H groups in total. The number of rotatable bonds is 3. The first kappa shape index (κ1) is 17.9. The van der Waals surface area contributed by atoms with Crippen molar-refractivity contribution in [2.45, 2.75) is 0 Å². The van der Waals surface area contributed by atoms with Gasteiger partial charge in [-0.1, -0.05) is 22.0 Å². The number of benzene rings is 3. The van der Waals surface area contributed by atoms with Gasteiger partial charge in [0.15, 0.2) is 5.58 Å². The molecule has 7 heteroatoms. The molecule has 1 heterocycles. The Morgan fingerprint density at radius 1 is 1.07 bits per heavy atom. The molecule has 0 radical (unpaired) electrons. The number of hydrogen-bond donors (Lipinski definition) is 1. The van der Waals surface area contributed by atoms with Crippen molar-refractivity contribution in [2.24, 2.45) is 4.99 Å². The second-order valence-electron chi connectivity index (χ2n) is 5.77. The van der Waals surface area contributed by atoms with E-state index in [-0.39, 0.29) is 11.6 Å².